The Morgan fingerprint density at radius 1 is 1.15 bits per heavy atom. The molecule has 3 aromatic rings. The molecule has 0 radical (unpaired) electrons. The lowest BCUT2D eigenvalue weighted by molar-refractivity contribution is 0.301. The van der Waals surface area contributed by atoms with Gasteiger partial charge in [0.05, 0.1) is 39.1 Å². The van der Waals surface area contributed by atoms with Crippen LogP contribution in [0.4, 0.5) is 11.8 Å². The van der Waals surface area contributed by atoms with Crippen molar-refractivity contribution in [2.24, 2.45) is 0 Å². The number of hydrogen-bond donors (Lipinski definition) is 3. The normalized spacial score (nSPS) is 11.4. The van der Waals surface area contributed by atoms with Crippen molar-refractivity contribution in [2.75, 3.05) is 44.5 Å². The van der Waals surface area contributed by atoms with Crippen LogP contribution in [0.3, 0.4) is 0 Å². The fourth-order valence-electron chi connectivity index (χ4n) is 3.84. The Balaban J connectivity index is 1.99. The van der Waals surface area contributed by atoms with E-state index in [0.717, 1.165) is 42.0 Å². The van der Waals surface area contributed by atoms with E-state index in [-0.39, 0.29) is 12.6 Å². The van der Waals surface area contributed by atoms with Gasteiger partial charge in [-0.2, -0.15) is 10.1 Å². The van der Waals surface area contributed by atoms with E-state index >= 15 is 0 Å². The third kappa shape index (κ3) is 6.06. The van der Waals surface area contributed by atoms with E-state index in [1.54, 1.807) is 18.9 Å². The molecule has 2 aromatic heterocycles. The molecule has 0 fully saturated rings. The first-order valence-corrected chi connectivity index (χ1v) is 11.7. The van der Waals surface area contributed by atoms with Gasteiger partial charge < -0.3 is 30.5 Å². The molecule has 0 atom stereocenters. The zero-order valence-corrected chi connectivity index (χ0v) is 20.8. The molecular weight excluding hydrogens is 434 g/mol. The van der Waals surface area contributed by atoms with Gasteiger partial charge in [0.2, 0.25) is 5.95 Å². The Hall–Kier alpha value is -3.11. The number of nitrogens with two attached hydrogens (primary N) is 1. The van der Waals surface area contributed by atoms with Crippen molar-refractivity contribution in [3.8, 4) is 11.5 Å². The zero-order valence-electron chi connectivity index (χ0n) is 20.8. The SMILES string of the molecule is CCCCN(CCO)c1nc(N)nc2cn(Cc3c(OC)cc(CNC(C)C)cc3OC)nc12. The maximum absolute atomic E-state index is 9.57. The fraction of sp³-hybridized carbons (Fsp3) is 0.542. The summed E-state index contributed by atoms with van der Waals surface area (Å²) in [4.78, 5) is 10.9. The van der Waals surface area contributed by atoms with E-state index in [2.05, 4.69) is 36.1 Å². The maximum atomic E-state index is 9.57. The lowest BCUT2D eigenvalue weighted by Crippen LogP contribution is -2.29. The van der Waals surface area contributed by atoms with Gasteiger partial charge in [0.25, 0.3) is 0 Å². The quantitative estimate of drug-likeness (QED) is 0.345. The third-order valence-corrected chi connectivity index (χ3v) is 5.56. The molecule has 4 N–H and O–H groups in total. The van der Waals surface area contributed by atoms with Gasteiger partial charge in [-0.25, -0.2) is 4.98 Å². The number of nitrogen functional groups attached to an aromatic ring is 1. The first-order valence-electron chi connectivity index (χ1n) is 11.7. The van der Waals surface area contributed by atoms with Crippen LogP contribution in [0.25, 0.3) is 11.0 Å². The number of benzene rings is 1. The minimum atomic E-state index is 0.0161. The number of nitrogens with zero attached hydrogens (tertiary/aromatic N) is 5. The lowest BCUT2D eigenvalue weighted by Gasteiger charge is -2.22. The number of hydrogen-bond acceptors (Lipinski definition) is 9. The molecule has 0 amide bonds. The van der Waals surface area contributed by atoms with Crippen molar-refractivity contribution in [1.82, 2.24) is 25.1 Å². The molecule has 2 heterocycles. The van der Waals surface area contributed by atoms with Crippen LogP contribution in [0.5, 0.6) is 11.5 Å². The maximum Gasteiger partial charge on any atom is 0.222 e. The summed E-state index contributed by atoms with van der Waals surface area (Å²) in [6.45, 7) is 8.71. The number of aliphatic hydroxyl groups excluding tert-OH is 1. The summed E-state index contributed by atoms with van der Waals surface area (Å²) >= 11 is 0. The van der Waals surface area contributed by atoms with Gasteiger partial charge in [0.1, 0.15) is 17.0 Å². The molecule has 0 aliphatic rings. The number of aromatic nitrogens is 4. The summed E-state index contributed by atoms with van der Waals surface area (Å²) in [7, 11) is 3.31. The molecule has 0 saturated carbocycles. The monoisotopic (exact) mass is 471 g/mol. The molecule has 0 bridgehead atoms. The van der Waals surface area contributed by atoms with Crippen LogP contribution in [-0.4, -0.2) is 64.8 Å². The second-order valence-corrected chi connectivity index (χ2v) is 8.54. The van der Waals surface area contributed by atoms with E-state index in [1.165, 1.54) is 0 Å². The van der Waals surface area contributed by atoms with Gasteiger partial charge in [0.15, 0.2) is 11.3 Å². The summed E-state index contributed by atoms with van der Waals surface area (Å²) in [5.74, 6) is 2.28. The second kappa shape index (κ2) is 11.8. The molecule has 0 saturated heterocycles. The van der Waals surface area contributed by atoms with E-state index in [1.807, 2.05) is 23.2 Å². The Morgan fingerprint density at radius 3 is 2.44 bits per heavy atom. The number of fused-ring (bicyclic) bond motifs is 1. The number of rotatable bonds is 13. The van der Waals surface area contributed by atoms with Crippen molar-refractivity contribution in [3.05, 3.63) is 29.5 Å². The molecule has 10 heteroatoms. The van der Waals surface area contributed by atoms with Gasteiger partial charge in [-0.1, -0.05) is 27.2 Å². The number of aliphatic hydroxyl groups is 1. The summed E-state index contributed by atoms with van der Waals surface area (Å²) in [5, 5.41) is 17.8. The van der Waals surface area contributed by atoms with E-state index in [9.17, 15) is 5.11 Å². The number of anilines is 2. The summed E-state index contributed by atoms with van der Waals surface area (Å²) in [6.07, 6.45) is 3.85. The predicted molar refractivity (Wildman–Crippen MR) is 135 cm³/mol. The molecule has 186 valence electrons. The molecule has 3 rings (SSSR count). The molecule has 0 aliphatic heterocycles. The highest BCUT2D eigenvalue weighted by Gasteiger charge is 2.19. The smallest absolute Gasteiger partial charge is 0.222 e. The predicted octanol–water partition coefficient (Wildman–Crippen LogP) is 2.57. The number of methoxy groups -OCH3 is 2. The molecule has 34 heavy (non-hydrogen) atoms. The molecule has 10 nitrogen and oxygen atoms in total. The number of unbranched alkanes of at least 4 members (excludes halogenated alkanes) is 1. The summed E-state index contributed by atoms with van der Waals surface area (Å²) in [6, 6.07) is 4.42. The molecule has 0 aliphatic carbocycles. The Bertz CT molecular complexity index is 1060. The van der Waals surface area contributed by atoms with Crippen LogP contribution >= 0.6 is 0 Å². The molecule has 1 aromatic carbocycles. The van der Waals surface area contributed by atoms with Gasteiger partial charge in [-0.15, -0.1) is 0 Å². The highest BCUT2D eigenvalue weighted by atomic mass is 16.5. The van der Waals surface area contributed by atoms with Crippen molar-refractivity contribution < 1.29 is 14.6 Å². The standard InChI is InChI=1S/C24H37N7O3/c1-6-7-8-30(9-10-32)23-22-19(27-24(25)28-23)15-31(29-22)14-18-20(33-4)11-17(12-21(18)34-5)13-26-16(2)3/h11-12,15-16,26,32H,6-10,13-14H2,1-5H3,(H2,25,27). The zero-order chi connectivity index (χ0) is 24.7. The van der Waals surface area contributed by atoms with Crippen LogP contribution in [0.15, 0.2) is 18.3 Å². The first kappa shape index (κ1) is 25.5. The average Bonchev–Trinajstić information content (AvgIpc) is 3.22. The molecule has 0 unspecified atom stereocenters. The minimum absolute atomic E-state index is 0.0161. The van der Waals surface area contributed by atoms with Crippen LogP contribution < -0.4 is 25.4 Å². The van der Waals surface area contributed by atoms with Crippen LogP contribution in [0.2, 0.25) is 0 Å². The van der Waals surface area contributed by atoms with Crippen molar-refractivity contribution in [1.29, 1.82) is 0 Å². The van der Waals surface area contributed by atoms with Crippen molar-refractivity contribution in [2.45, 2.75) is 52.7 Å². The van der Waals surface area contributed by atoms with Gasteiger partial charge in [-0.05, 0) is 24.1 Å². The lowest BCUT2D eigenvalue weighted by atomic mass is 10.1. The van der Waals surface area contributed by atoms with Crippen LogP contribution in [0.1, 0.15) is 44.7 Å². The largest absolute Gasteiger partial charge is 0.496 e. The van der Waals surface area contributed by atoms with E-state index in [0.29, 0.717) is 42.5 Å². The Labute approximate surface area is 201 Å². The topological polar surface area (TPSA) is 124 Å². The summed E-state index contributed by atoms with van der Waals surface area (Å²) < 4.78 is 13.2. The van der Waals surface area contributed by atoms with Crippen LogP contribution in [-0.2, 0) is 13.1 Å². The van der Waals surface area contributed by atoms with E-state index in [4.69, 9.17) is 20.3 Å². The average molecular weight is 472 g/mol. The highest BCUT2D eigenvalue weighted by molar-refractivity contribution is 5.86. The van der Waals surface area contributed by atoms with Gasteiger partial charge in [-0.3, -0.25) is 4.68 Å². The number of nitrogens with one attached hydrogen (secondary N) is 1. The van der Waals surface area contributed by atoms with Crippen molar-refractivity contribution >= 4 is 22.8 Å². The second-order valence-electron chi connectivity index (χ2n) is 8.54. The summed E-state index contributed by atoms with van der Waals surface area (Å²) in [5.41, 5.74) is 9.27. The van der Waals surface area contributed by atoms with Crippen LogP contribution in [0, 0.1) is 0 Å². The Morgan fingerprint density at radius 2 is 1.85 bits per heavy atom. The highest BCUT2D eigenvalue weighted by Crippen LogP contribution is 2.32. The van der Waals surface area contributed by atoms with E-state index < -0.39 is 0 Å². The Kier molecular flexibility index (Phi) is 8.89. The minimum Gasteiger partial charge on any atom is -0.496 e. The molecule has 0 spiro atoms. The third-order valence-electron chi connectivity index (χ3n) is 5.56. The molecular formula is C24H37N7O3. The van der Waals surface area contributed by atoms with Crippen molar-refractivity contribution in [3.63, 3.8) is 0 Å². The van der Waals surface area contributed by atoms with Gasteiger partial charge >= 0.3 is 0 Å². The first-order chi connectivity index (χ1) is 16.4. The number of ether oxygens (including phenoxy) is 2. The fourth-order valence-corrected chi connectivity index (χ4v) is 3.84. The van der Waals surface area contributed by atoms with Gasteiger partial charge in [0, 0.05) is 25.7 Å².